The number of hydrogen-bond acceptors (Lipinski definition) is 9. The molecule has 10 heteroatoms. The molecule has 0 atom stereocenters. The minimum Gasteiger partial charge on any atom is -0.497 e. The quantitative estimate of drug-likeness (QED) is 0.447. The Morgan fingerprint density at radius 3 is 2.59 bits per heavy atom. The molecule has 1 saturated heterocycles. The van der Waals surface area contributed by atoms with Gasteiger partial charge in [-0.25, -0.2) is 5.43 Å². The summed E-state index contributed by atoms with van der Waals surface area (Å²) in [5.74, 6) is 1.55. The van der Waals surface area contributed by atoms with Gasteiger partial charge in [-0.3, -0.25) is 4.79 Å². The van der Waals surface area contributed by atoms with Gasteiger partial charge in [-0.15, -0.1) is 0 Å². The van der Waals surface area contributed by atoms with E-state index in [4.69, 9.17) is 15.2 Å². The van der Waals surface area contributed by atoms with Crippen LogP contribution in [0, 0.1) is 0 Å². The number of nitrogen functional groups attached to an aromatic ring is 1. The molecule has 2 heterocycles. The summed E-state index contributed by atoms with van der Waals surface area (Å²) in [6.07, 6.45) is 3.64. The largest absolute Gasteiger partial charge is 0.497 e. The van der Waals surface area contributed by atoms with Gasteiger partial charge in [-0.1, -0.05) is 0 Å². The van der Waals surface area contributed by atoms with Crippen LogP contribution < -0.4 is 30.8 Å². The fraction of sp³-hybridized carbons (Fsp3) is 0.368. The summed E-state index contributed by atoms with van der Waals surface area (Å²) in [6.45, 7) is 1.81. The van der Waals surface area contributed by atoms with Gasteiger partial charge < -0.3 is 25.4 Å². The van der Waals surface area contributed by atoms with Crippen molar-refractivity contribution < 1.29 is 14.3 Å². The fourth-order valence-corrected chi connectivity index (χ4v) is 2.99. The molecule has 1 aromatic heterocycles. The number of amides is 1. The zero-order valence-electron chi connectivity index (χ0n) is 16.5. The number of nitrogens with two attached hydrogens (primary N) is 1. The normalized spacial score (nSPS) is 13.5. The van der Waals surface area contributed by atoms with Gasteiger partial charge in [0.2, 0.25) is 11.8 Å². The molecule has 0 bridgehead atoms. The highest BCUT2D eigenvalue weighted by molar-refractivity contribution is 5.91. The van der Waals surface area contributed by atoms with Gasteiger partial charge in [0.25, 0.3) is 5.91 Å². The molecule has 2 aromatic rings. The summed E-state index contributed by atoms with van der Waals surface area (Å²) in [6, 6.07) is 7.28. The van der Waals surface area contributed by atoms with Gasteiger partial charge >= 0.3 is 0 Å². The molecule has 0 spiro atoms. The average Bonchev–Trinajstić information content (AvgIpc) is 3.28. The standard InChI is InChI=1S/C19H25N7O3/c1-28-14-7-5-13(6-8-14)21-12-16(27)25-22-11-15-17(26-9-3-4-10-26)23-19(20)24-18(15)29-2/h5-8,11,21H,3-4,9-10,12H2,1-2H3,(H,25,27)(H2,20,23,24)/b22-11+. The van der Waals surface area contributed by atoms with E-state index in [9.17, 15) is 4.79 Å². The first kappa shape index (κ1) is 20.2. The molecule has 1 amide bonds. The molecular weight excluding hydrogens is 374 g/mol. The number of aromatic nitrogens is 2. The third-order valence-corrected chi connectivity index (χ3v) is 4.43. The van der Waals surface area contributed by atoms with Crippen molar-refractivity contribution in [1.29, 1.82) is 0 Å². The van der Waals surface area contributed by atoms with E-state index in [1.165, 1.54) is 13.3 Å². The highest BCUT2D eigenvalue weighted by atomic mass is 16.5. The van der Waals surface area contributed by atoms with Gasteiger partial charge in [0.1, 0.15) is 11.6 Å². The third kappa shape index (κ3) is 5.24. The smallest absolute Gasteiger partial charge is 0.259 e. The lowest BCUT2D eigenvalue weighted by molar-refractivity contribution is -0.119. The zero-order chi connectivity index (χ0) is 20.6. The van der Waals surface area contributed by atoms with Gasteiger partial charge in [0, 0.05) is 18.8 Å². The summed E-state index contributed by atoms with van der Waals surface area (Å²) in [5, 5.41) is 7.05. The van der Waals surface area contributed by atoms with Crippen LogP contribution in [0.4, 0.5) is 17.5 Å². The molecule has 1 fully saturated rings. The number of rotatable bonds is 8. The van der Waals surface area contributed by atoms with Crippen LogP contribution in [0.25, 0.3) is 0 Å². The third-order valence-electron chi connectivity index (χ3n) is 4.43. The van der Waals surface area contributed by atoms with Crippen molar-refractivity contribution in [3.8, 4) is 11.6 Å². The Morgan fingerprint density at radius 1 is 1.21 bits per heavy atom. The van der Waals surface area contributed by atoms with Gasteiger partial charge in [-0.2, -0.15) is 15.1 Å². The fourth-order valence-electron chi connectivity index (χ4n) is 2.99. The zero-order valence-corrected chi connectivity index (χ0v) is 16.5. The first-order chi connectivity index (χ1) is 14.1. The Balaban J connectivity index is 1.63. The van der Waals surface area contributed by atoms with Gasteiger partial charge in [0.15, 0.2) is 0 Å². The van der Waals surface area contributed by atoms with Crippen LogP contribution in [0.15, 0.2) is 29.4 Å². The molecule has 4 N–H and O–H groups in total. The van der Waals surface area contributed by atoms with E-state index >= 15 is 0 Å². The van der Waals surface area contributed by atoms with Crippen LogP contribution in [0.3, 0.4) is 0 Å². The van der Waals surface area contributed by atoms with E-state index in [1.54, 1.807) is 7.11 Å². The predicted octanol–water partition coefficient (Wildman–Crippen LogP) is 1.24. The molecular formula is C19H25N7O3. The highest BCUT2D eigenvalue weighted by Crippen LogP contribution is 2.27. The van der Waals surface area contributed by atoms with Crippen molar-refractivity contribution in [3.05, 3.63) is 29.8 Å². The summed E-state index contributed by atoms with van der Waals surface area (Å²) >= 11 is 0. The number of nitrogens with one attached hydrogen (secondary N) is 2. The van der Waals surface area contributed by atoms with E-state index in [1.807, 2.05) is 24.3 Å². The minimum atomic E-state index is -0.296. The van der Waals surface area contributed by atoms with Crippen LogP contribution in [-0.2, 0) is 4.79 Å². The average molecular weight is 399 g/mol. The first-order valence-corrected chi connectivity index (χ1v) is 9.27. The summed E-state index contributed by atoms with van der Waals surface area (Å²) in [4.78, 5) is 22.6. The van der Waals surface area contributed by atoms with E-state index in [-0.39, 0.29) is 18.4 Å². The topological polar surface area (TPSA) is 127 Å². The number of benzene rings is 1. The van der Waals surface area contributed by atoms with Crippen LogP contribution in [0.1, 0.15) is 18.4 Å². The van der Waals surface area contributed by atoms with Crippen molar-refractivity contribution in [2.45, 2.75) is 12.8 Å². The van der Waals surface area contributed by atoms with Crippen LogP contribution >= 0.6 is 0 Å². The highest BCUT2D eigenvalue weighted by Gasteiger charge is 2.21. The number of carbonyl (C=O) groups excluding carboxylic acids is 1. The lowest BCUT2D eigenvalue weighted by Crippen LogP contribution is -2.26. The molecule has 0 aliphatic carbocycles. The molecule has 3 rings (SSSR count). The summed E-state index contributed by atoms with van der Waals surface area (Å²) < 4.78 is 10.4. The summed E-state index contributed by atoms with van der Waals surface area (Å²) in [5.41, 5.74) is 9.67. The maximum absolute atomic E-state index is 12.1. The van der Waals surface area contributed by atoms with E-state index in [0.29, 0.717) is 17.3 Å². The van der Waals surface area contributed by atoms with Crippen molar-refractivity contribution in [1.82, 2.24) is 15.4 Å². The number of hydrogen-bond donors (Lipinski definition) is 3. The van der Waals surface area contributed by atoms with E-state index in [0.717, 1.165) is 37.4 Å². The molecule has 10 nitrogen and oxygen atoms in total. The Kier molecular flexibility index (Phi) is 6.67. The second kappa shape index (κ2) is 9.58. The van der Waals surface area contributed by atoms with Crippen LogP contribution in [0.2, 0.25) is 0 Å². The first-order valence-electron chi connectivity index (χ1n) is 9.27. The Bertz CT molecular complexity index is 865. The molecule has 0 saturated carbocycles. The maximum Gasteiger partial charge on any atom is 0.259 e. The molecule has 1 aliphatic rings. The van der Waals surface area contributed by atoms with Crippen LogP contribution in [-0.4, -0.2) is 55.9 Å². The Morgan fingerprint density at radius 2 is 1.93 bits per heavy atom. The monoisotopic (exact) mass is 399 g/mol. The molecule has 29 heavy (non-hydrogen) atoms. The number of anilines is 3. The minimum absolute atomic E-state index is 0.0675. The van der Waals surface area contributed by atoms with Gasteiger partial charge in [0.05, 0.1) is 32.5 Å². The van der Waals surface area contributed by atoms with E-state index < -0.39 is 0 Å². The predicted molar refractivity (Wildman–Crippen MR) is 112 cm³/mol. The van der Waals surface area contributed by atoms with Gasteiger partial charge in [-0.05, 0) is 37.1 Å². The number of ether oxygens (including phenoxy) is 2. The molecule has 154 valence electrons. The van der Waals surface area contributed by atoms with Crippen molar-refractivity contribution in [2.75, 3.05) is 49.8 Å². The number of hydrazone groups is 1. The molecule has 0 radical (unpaired) electrons. The number of carbonyl (C=O) groups is 1. The lowest BCUT2D eigenvalue weighted by Gasteiger charge is -2.19. The number of nitrogens with zero attached hydrogens (tertiary/aromatic N) is 4. The maximum atomic E-state index is 12.1. The van der Waals surface area contributed by atoms with Crippen molar-refractivity contribution >= 4 is 29.6 Å². The Hall–Kier alpha value is -3.56. The number of methoxy groups -OCH3 is 2. The molecule has 1 aliphatic heterocycles. The van der Waals surface area contributed by atoms with Crippen LogP contribution in [0.5, 0.6) is 11.6 Å². The SMILES string of the molecule is COc1ccc(NCC(=O)N/N=C/c2c(OC)nc(N)nc2N2CCCC2)cc1. The second-order valence-corrected chi connectivity index (χ2v) is 6.40. The van der Waals surface area contributed by atoms with Crippen molar-refractivity contribution in [2.24, 2.45) is 5.10 Å². The molecule has 1 aromatic carbocycles. The lowest BCUT2D eigenvalue weighted by atomic mass is 10.3. The second-order valence-electron chi connectivity index (χ2n) is 6.40. The Labute approximate surface area is 169 Å². The van der Waals surface area contributed by atoms with E-state index in [2.05, 4.69) is 30.7 Å². The molecule has 0 unspecified atom stereocenters. The summed E-state index contributed by atoms with van der Waals surface area (Å²) in [7, 11) is 3.11. The van der Waals surface area contributed by atoms with Crippen molar-refractivity contribution in [3.63, 3.8) is 0 Å².